The molecule has 0 radical (unpaired) electrons. The van der Waals surface area contributed by atoms with E-state index in [1.807, 2.05) is 30.3 Å². The average molecular weight is 315 g/mol. The molecule has 122 valence electrons. The van der Waals surface area contributed by atoms with Gasteiger partial charge in [0, 0.05) is 36.9 Å². The molecule has 0 unspecified atom stereocenters. The minimum atomic E-state index is -0.186. The van der Waals surface area contributed by atoms with Gasteiger partial charge in [0.15, 0.2) is 0 Å². The number of aromatic nitrogens is 1. The Morgan fingerprint density at radius 1 is 1.26 bits per heavy atom. The summed E-state index contributed by atoms with van der Waals surface area (Å²) in [6, 6.07) is 9.53. The summed E-state index contributed by atoms with van der Waals surface area (Å²) >= 11 is 0. The van der Waals surface area contributed by atoms with Crippen molar-refractivity contribution in [2.75, 3.05) is 19.8 Å². The molecule has 1 aromatic heterocycles. The molecule has 1 aliphatic rings. The zero-order valence-corrected chi connectivity index (χ0v) is 12.9. The first-order chi connectivity index (χ1) is 11.2. The van der Waals surface area contributed by atoms with Crippen LogP contribution in [0.3, 0.4) is 0 Å². The van der Waals surface area contributed by atoms with Gasteiger partial charge in [-0.3, -0.25) is 4.79 Å². The van der Waals surface area contributed by atoms with E-state index in [1.165, 1.54) is 0 Å². The largest absolute Gasteiger partial charge is 0.381 e. The summed E-state index contributed by atoms with van der Waals surface area (Å²) in [5.74, 6) is 0. The molecule has 0 bridgehead atoms. The van der Waals surface area contributed by atoms with Crippen molar-refractivity contribution in [2.24, 2.45) is 0 Å². The Morgan fingerprint density at radius 2 is 2.04 bits per heavy atom. The average Bonchev–Trinajstić information content (AvgIpc) is 2.56. The number of fused-ring (bicyclic) bond motifs is 1. The van der Waals surface area contributed by atoms with Crippen LogP contribution in [0, 0.1) is 0 Å². The maximum atomic E-state index is 12.0. The number of ether oxygens (including phenoxy) is 1. The van der Waals surface area contributed by atoms with Crippen LogP contribution in [0.25, 0.3) is 10.9 Å². The van der Waals surface area contributed by atoms with Crippen molar-refractivity contribution in [1.82, 2.24) is 15.6 Å². The predicted molar refractivity (Wildman–Crippen MR) is 88.6 cm³/mol. The van der Waals surface area contributed by atoms with Gasteiger partial charge in [-0.05, 0) is 36.8 Å². The van der Waals surface area contributed by atoms with Gasteiger partial charge in [0.25, 0.3) is 5.56 Å². The molecule has 6 heteroatoms. The Morgan fingerprint density at radius 3 is 2.87 bits per heavy atom. The highest BCUT2D eigenvalue weighted by atomic mass is 16.5. The zero-order chi connectivity index (χ0) is 16.1. The number of hydrogen-bond donors (Lipinski definition) is 3. The minimum Gasteiger partial charge on any atom is -0.381 e. The second kappa shape index (κ2) is 7.28. The molecule has 0 aliphatic carbocycles. The highest BCUT2D eigenvalue weighted by Gasteiger charge is 2.15. The van der Waals surface area contributed by atoms with Gasteiger partial charge in [-0.15, -0.1) is 0 Å². The Hall–Kier alpha value is -2.34. The van der Waals surface area contributed by atoms with Crippen LogP contribution in [-0.4, -0.2) is 36.8 Å². The number of nitrogens with one attached hydrogen (secondary N) is 3. The Balaban J connectivity index is 1.53. The van der Waals surface area contributed by atoms with Crippen LogP contribution in [0.5, 0.6) is 0 Å². The molecular weight excluding hydrogens is 294 g/mol. The van der Waals surface area contributed by atoms with Crippen LogP contribution in [0.4, 0.5) is 4.79 Å². The molecule has 1 aliphatic heterocycles. The third-order valence-corrected chi connectivity index (χ3v) is 4.07. The summed E-state index contributed by atoms with van der Waals surface area (Å²) in [5, 5.41) is 6.74. The number of benzene rings is 1. The maximum Gasteiger partial charge on any atom is 0.315 e. The van der Waals surface area contributed by atoms with Gasteiger partial charge in [0.05, 0.1) is 0 Å². The van der Waals surface area contributed by atoms with Crippen molar-refractivity contribution in [2.45, 2.75) is 25.3 Å². The molecule has 3 N–H and O–H groups in total. The Kier molecular flexibility index (Phi) is 4.92. The summed E-state index contributed by atoms with van der Waals surface area (Å²) in [7, 11) is 0. The van der Waals surface area contributed by atoms with E-state index < -0.39 is 0 Å². The van der Waals surface area contributed by atoms with Gasteiger partial charge in [0.2, 0.25) is 0 Å². The second-order valence-corrected chi connectivity index (χ2v) is 5.75. The van der Waals surface area contributed by atoms with Crippen LogP contribution in [0.15, 0.2) is 35.1 Å². The summed E-state index contributed by atoms with van der Waals surface area (Å²) in [5.41, 5.74) is 1.40. The highest BCUT2D eigenvalue weighted by molar-refractivity contribution is 5.78. The van der Waals surface area contributed by atoms with E-state index in [2.05, 4.69) is 15.6 Å². The number of amides is 2. The first-order valence-electron chi connectivity index (χ1n) is 7.95. The SMILES string of the molecule is O=C(NCCc1cc2ccccc2[nH]c1=O)NC1CCOCC1. The number of carbonyl (C=O) groups excluding carboxylic acids is 1. The molecule has 23 heavy (non-hydrogen) atoms. The van der Waals surface area contributed by atoms with Gasteiger partial charge in [-0.1, -0.05) is 18.2 Å². The number of aromatic amines is 1. The number of urea groups is 1. The van der Waals surface area contributed by atoms with Crippen LogP contribution < -0.4 is 16.2 Å². The Labute approximate surface area is 134 Å². The lowest BCUT2D eigenvalue weighted by atomic mass is 10.1. The van der Waals surface area contributed by atoms with E-state index in [1.54, 1.807) is 0 Å². The fraction of sp³-hybridized carbons (Fsp3) is 0.412. The first kappa shape index (κ1) is 15.6. The minimum absolute atomic E-state index is 0.102. The normalized spacial score (nSPS) is 15.5. The van der Waals surface area contributed by atoms with Crippen molar-refractivity contribution in [1.29, 1.82) is 0 Å². The van der Waals surface area contributed by atoms with E-state index in [9.17, 15) is 9.59 Å². The molecule has 2 heterocycles. The monoisotopic (exact) mass is 315 g/mol. The van der Waals surface area contributed by atoms with Crippen LogP contribution in [-0.2, 0) is 11.2 Å². The number of H-pyrrole nitrogens is 1. The van der Waals surface area contributed by atoms with Gasteiger partial charge in [-0.25, -0.2) is 4.79 Å². The van der Waals surface area contributed by atoms with Crippen molar-refractivity contribution in [3.05, 3.63) is 46.2 Å². The molecule has 1 aromatic carbocycles. The third kappa shape index (κ3) is 4.10. The molecule has 1 fully saturated rings. The first-order valence-corrected chi connectivity index (χ1v) is 7.95. The van der Waals surface area contributed by atoms with E-state index in [-0.39, 0.29) is 17.6 Å². The Bertz CT molecular complexity index is 735. The standard InChI is InChI=1S/C17H21N3O3/c21-16-13(11-12-3-1-2-4-15(12)20-16)5-8-18-17(22)19-14-6-9-23-10-7-14/h1-4,11,14H,5-10H2,(H,20,21)(H2,18,19,22). The number of para-hydroxylation sites is 1. The molecule has 0 atom stereocenters. The van der Waals surface area contributed by atoms with Gasteiger partial charge >= 0.3 is 6.03 Å². The molecule has 2 aromatic rings. The topological polar surface area (TPSA) is 83.2 Å². The molecular formula is C17H21N3O3. The number of pyridine rings is 1. The highest BCUT2D eigenvalue weighted by Crippen LogP contribution is 2.10. The molecule has 6 nitrogen and oxygen atoms in total. The molecule has 1 saturated heterocycles. The van der Waals surface area contributed by atoms with Crippen molar-refractivity contribution in [3.63, 3.8) is 0 Å². The maximum absolute atomic E-state index is 12.0. The fourth-order valence-electron chi connectivity index (χ4n) is 2.77. The quantitative estimate of drug-likeness (QED) is 0.800. The van der Waals surface area contributed by atoms with Crippen molar-refractivity contribution >= 4 is 16.9 Å². The predicted octanol–water partition coefficient (Wildman–Crippen LogP) is 1.55. The lowest BCUT2D eigenvalue weighted by molar-refractivity contribution is 0.0801. The van der Waals surface area contributed by atoms with E-state index in [0.717, 1.165) is 23.7 Å². The number of carbonyl (C=O) groups is 1. The summed E-state index contributed by atoms with van der Waals surface area (Å²) < 4.78 is 5.26. The molecule has 0 saturated carbocycles. The van der Waals surface area contributed by atoms with Crippen LogP contribution >= 0.6 is 0 Å². The zero-order valence-electron chi connectivity index (χ0n) is 12.9. The van der Waals surface area contributed by atoms with Crippen molar-refractivity contribution in [3.8, 4) is 0 Å². The second-order valence-electron chi connectivity index (χ2n) is 5.75. The lowest BCUT2D eigenvalue weighted by Gasteiger charge is -2.23. The number of hydrogen-bond acceptors (Lipinski definition) is 3. The number of rotatable bonds is 4. The van der Waals surface area contributed by atoms with Gasteiger partial charge < -0.3 is 20.4 Å². The molecule has 2 amide bonds. The molecule has 0 spiro atoms. The van der Waals surface area contributed by atoms with Gasteiger partial charge in [0.1, 0.15) is 0 Å². The summed E-state index contributed by atoms with van der Waals surface area (Å²) in [6.45, 7) is 1.81. The third-order valence-electron chi connectivity index (χ3n) is 4.07. The van der Waals surface area contributed by atoms with Crippen LogP contribution in [0.2, 0.25) is 0 Å². The van der Waals surface area contributed by atoms with E-state index in [0.29, 0.717) is 31.7 Å². The van der Waals surface area contributed by atoms with E-state index in [4.69, 9.17) is 4.74 Å². The van der Waals surface area contributed by atoms with E-state index >= 15 is 0 Å². The van der Waals surface area contributed by atoms with Crippen LogP contribution in [0.1, 0.15) is 18.4 Å². The van der Waals surface area contributed by atoms with Crippen molar-refractivity contribution < 1.29 is 9.53 Å². The lowest BCUT2D eigenvalue weighted by Crippen LogP contribution is -2.45. The summed E-state index contributed by atoms with van der Waals surface area (Å²) in [4.78, 5) is 26.7. The fourth-order valence-corrected chi connectivity index (χ4v) is 2.77. The van der Waals surface area contributed by atoms with Gasteiger partial charge in [-0.2, -0.15) is 0 Å². The molecule has 3 rings (SSSR count). The smallest absolute Gasteiger partial charge is 0.315 e. The summed E-state index contributed by atoms with van der Waals surface area (Å²) in [6.07, 6.45) is 2.19.